The highest BCUT2D eigenvalue weighted by Crippen LogP contribution is 2.16. The molecule has 0 atom stereocenters. The van der Waals surface area contributed by atoms with Crippen LogP contribution in [0.2, 0.25) is 0 Å². The number of thiophene rings is 1. The molecule has 1 aromatic carbocycles. The second kappa shape index (κ2) is 9.15. The zero-order valence-electron chi connectivity index (χ0n) is 13.6. The summed E-state index contributed by atoms with van der Waals surface area (Å²) in [7, 11) is 1.80. The molecule has 1 heterocycles. The summed E-state index contributed by atoms with van der Waals surface area (Å²) < 4.78 is 0. The third-order valence-corrected chi connectivity index (χ3v) is 4.38. The van der Waals surface area contributed by atoms with Crippen molar-refractivity contribution < 1.29 is 0 Å². The predicted octanol–water partition coefficient (Wildman–Crippen LogP) is 4.16. The number of benzene rings is 1. The zero-order chi connectivity index (χ0) is 15.2. The van der Waals surface area contributed by atoms with Crippen LogP contribution >= 0.6 is 35.3 Å². The Kier molecular flexibility index (Phi) is 7.89. The van der Waals surface area contributed by atoms with Crippen LogP contribution in [-0.4, -0.2) is 13.0 Å². The molecule has 0 bridgehead atoms. The first kappa shape index (κ1) is 19.0. The molecule has 2 rings (SSSR count). The van der Waals surface area contributed by atoms with Crippen molar-refractivity contribution in [2.75, 3.05) is 7.05 Å². The third kappa shape index (κ3) is 5.28. The first-order chi connectivity index (χ1) is 10.1. The van der Waals surface area contributed by atoms with Crippen LogP contribution < -0.4 is 10.6 Å². The van der Waals surface area contributed by atoms with E-state index in [2.05, 4.69) is 66.0 Å². The van der Waals surface area contributed by atoms with E-state index in [1.54, 1.807) is 18.4 Å². The molecule has 0 unspecified atom stereocenters. The van der Waals surface area contributed by atoms with Crippen LogP contribution in [0.5, 0.6) is 0 Å². The SMILES string of the molecule is CN=C(NCc1cccs1)NCc1c(C)cc(C)cc1C.I. The van der Waals surface area contributed by atoms with Gasteiger partial charge in [0.05, 0.1) is 6.54 Å². The van der Waals surface area contributed by atoms with E-state index < -0.39 is 0 Å². The van der Waals surface area contributed by atoms with E-state index in [1.165, 1.54) is 27.1 Å². The number of hydrogen-bond donors (Lipinski definition) is 2. The molecule has 2 aromatic rings. The lowest BCUT2D eigenvalue weighted by atomic mass is 10.00. The zero-order valence-corrected chi connectivity index (χ0v) is 16.7. The quantitative estimate of drug-likeness (QED) is 0.435. The van der Waals surface area contributed by atoms with Gasteiger partial charge < -0.3 is 10.6 Å². The minimum Gasteiger partial charge on any atom is -0.352 e. The highest BCUT2D eigenvalue weighted by atomic mass is 127. The number of nitrogens with one attached hydrogen (secondary N) is 2. The first-order valence-electron chi connectivity index (χ1n) is 7.13. The average Bonchev–Trinajstić information content (AvgIpc) is 2.94. The van der Waals surface area contributed by atoms with Gasteiger partial charge in [0.15, 0.2) is 5.96 Å². The fraction of sp³-hybridized carbons (Fsp3) is 0.353. The van der Waals surface area contributed by atoms with Crippen LogP contribution in [0.3, 0.4) is 0 Å². The number of nitrogens with zero attached hydrogens (tertiary/aromatic N) is 1. The summed E-state index contributed by atoms with van der Waals surface area (Å²) in [6, 6.07) is 8.65. The Balaban J connectivity index is 0.00000242. The minimum atomic E-state index is 0. The van der Waals surface area contributed by atoms with Crippen molar-refractivity contribution in [2.24, 2.45) is 4.99 Å². The maximum atomic E-state index is 4.28. The van der Waals surface area contributed by atoms with E-state index in [1.807, 2.05) is 0 Å². The van der Waals surface area contributed by atoms with Crippen molar-refractivity contribution >= 4 is 41.3 Å². The summed E-state index contributed by atoms with van der Waals surface area (Å²) in [4.78, 5) is 5.58. The Hall–Kier alpha value is -1.08. The lowest BCUT2D eigenvalue weighted by Gasteiger charge is -2.15. The molecule has 120 valence electrons. The van der Waals surface area contributed by atoms with Crippen LogP contribution in [0.15, 0.2) is 34.6 Å². The molecule has 0 amide bonds. The van der Waals surface area contributed by atoms with Crippen LogP contribution in [-0.2, 0) is 13.1 Å². The van der Waals surface area contributed by atoms with Crippen molar-refractivity contribution in [3.8, 4) is 0 Å². The van der Waals surface area contributed by atoms with E-state index in [-0.39, 0.29) is 24.0 Å². The Labute approximate surface area is 154 Å². The highest BCUT2D eigenvalue weighted by molar-refractivity contribution is 14.0. The molecule has 2 N–H and O–H groups in total. The van der Waals surface area contributed by atoms with Gasteiger partial charge in [-0.05, 0) is 48.9 Å². The molecule has 5 heteroatoms. The van der Waals surface area contributed by atoms with Gasteiger partial charge in [-0.2, -0.15) is 0 Å². The summed E-state index contributed by atoms with van der Waals surface area (Å²) in [5, 5.41) is 8.82. The molecule has 3 nitrogen and oxygen atoms in total. The molecule has 1 aromatic heterocycles. The number of halogens is 1. The normalized spacial score (nSPS) is 11.0. The van der Waals surface area contributed by atoms with Crippen LogP contribution in [0.1, 0.15) is 27.1 Å². The van der Waals surface area contributed by atoms with Gasteiger partial charge in [-0.3, -0.25) is 4.99 Å². The van der Waals surface area contributed by atoms with Crippen molar-refractivity contribution in [3.05, 3.63) is 56.8 Å². The predicted molar refractivity (Wildman–Crippen MR) is 107 cm³/mol. The van der Waals surface area contributed by atoms with E-state index in [4.69, 9.17) is 0 Å². The second-order valence-corrected chi connectivity index (χ2v) is 6.27. The van der Waals surface area contributed by atoms with Crippen molar-refractivity contribution in [1.82, 2.24) is 10.6 Å². The topological polar surface area (TPSA) is 36.4 Å². The number of aliphatic imine (C=N–C) groups is 1. The van der Waals surface area contributed by atoms with Gasteiger partial charge in [0.2, 0.25) is 0 Å². The van der Waals surface area contributed by atoms with Crippen LogP contribution in [0.4, 0.5) is 0 Å². The largest absolute Gasteiger partial charge is 0.352 e. The average molecular weight is 429 g/mol. The van der Waals surface area contributed by atoms with Gasteiger partial charge in [0.25, 0.3) is 0 Å². The molecular weight excluding hydrogens is 405 g/mol. The van der Waals surface area contributed by atoms with Crippen LogP contribution in [0, 0.1) is 20.8 Å². The molecule has 0 aliphatic heterocycles. The lowest BCUT2D eigenvalue weighted by molar-refractivity contribution is 0.808. The van der Waals surface area contributed by atoms with Gasteiger partial charge in [-0.1, -0.05) is 23.8 Å². The molecule has 0 fully saturated rings. The van der Waals surface area contributed by atoms with Gasteiger partial charge in [-0.15, -0.1) is 35.3 Å². The summed E-state index contributed by atoms with van der Waals surface area (Å²) in [6.45, 7) is 8.07. The van der Waals surface area contributed by atoms with E-state index >= 15 is 0 Å². The molecule has 0 aliphatic carbocycles. The van der Waals surface area contributed by atoms with Crippen molar-refractivity contribution in [3.63, 3.8) is 0 Å². The Morgan fingerprint density at radius 3 is 2.27 bits per heavy atom. The Morgan fingerprint density at radius 1 is 1.09 bits per heavy atom. The van der Waals surface area contributed by atoms with Gasteiger partial charge in [0, 0.05) is 18.5 Å². The molecule has 22 heavy (non-hydrogen) atoms. The third-order valence-electron chi connectivity index (χ3n) is 3.51. The molecular formula is C17H24IN3S. The Bertz CT molecular complexity index is 598. The van der Waals surface area contributed by atoms with Crippen molar-refractivity contribution in [2.45, 2.75) is 33.9 Å². The first-order valence-corrected chi connectivity index (χ1v) is 8.01. The maximum absolute atomic E-state index is 4.28. The molecule has 0 radical (unpaired) electrons. The summed E-state index contributed by atoms with van der Waals surface area (Å²) in [6.07, 6.45) is 0. The summed E-state index contributed by atoms with van der Waals surface area (Å²) in [5.41, 5.74) is 5.32. The van der Waals surface area contributed by atoms with Gasteiger partial charge in [-0.25, -0.2) is 0 Å². The minimum absolute atomic E-state index is 0. The summed E-state index contributed by atoms with van der Waals surface area (Å²) >= 11 is 1.75. The lowest BCUT2D eigenvalue weighted by Crippen LogP contribution is -2.36. The standard InChI is InChI=1S/C17H23N3S.HI/c1-12-8-13(2)16(14(3)9-12)11-20-17(18-4)19-10-15-6-5-7-21-15;/h5-9H,10-11H2,1-4H3,(H2,18,19,20);1H. The summed E-state index contributed by atoms with van der Waals surface area (Å²) in [5.74, 6) is 0.836. The van der Waals surface area contributed by atoms with Crippen LogP contribution in [0.25, 0.3) is 0 Å². The number of guanidine groups is 1. The smallest absolute Gasteiger partial charge is 0.191 e. The molecule has 0 saturated carbocycles. The highest BCUT2D eigenvalue weighted by Gasteiger charge is 2.05. The number of hydrogen-bond acceptors (Lipinski definition) is 2. The number of rotatable bonds is 4. The monoisotopic (exact) mass is 429 g/mol. The van der Waals surface area contributed by atoms with E-state index in [0.717, 1.165) is 19.0 Å². The fourth-order valence-electron chi connectivity index (χ4n) is 2.47. The van der Waals surface area contributed by atoms with E-state index in [0.29, 0.717) is 0 Å². The molecule has 0 saturated heterocycles. The van der Waals surface area contributed by atoms with Gasteiger partial charge >= 0.3 is 0 Å². The molecule has 0 spiro atoms. The maximum Gasteiger partial charge on any atom is 0.191 e. The number of aryl methyl sites for hydroxylation is 3. The second-order valence-electron chi connectivity index (χ2n) is 5.24. The molecule has 0 aliphatic rings. The van der Waals surface area contributed by atoms with Gasteiger partial charge in [0.1, 0.15) is 0 Å². The van der Waals surface area contributed by atoms with E-state index in [9.17, 15) is 0 Å². The van der Waals surface area contributed by atoms with Crippen molar-refractivity contribution in [1.29, 1.82) is 0 Å². The Morgan fingerprint density at radius 2 is 1.73 bits per heavy atom. The fourth-order valence-corrected chi connectivity index (χ4v) is 3.11.